The molecule has 0 fully saturated rings. The fourth-order valence-corrected chi connectivity index (χ4v) is 2.35. The Morgan fingerprint density at radius 1 is 1.00 bits per heavy atom. The molecule has 0 saturated heterocycles. The second kappa shape index (κ2) is 4.27. The van der Waals surface area contributed by atoms with Crippen LogP contribution in [0.2, 0.25) is 0 Å². The fourth-order valence-electron chi connectivity index (χ4n) is 2.35. The summed E-state index contributed by atoms with van der Waals surface area (Å²) in [6, 6.07) is 11.1. The van der Waals surface area contributed by atoms with E-state index in [2.05, 4.69) is 5.18 Å². The first-order valence-corrected chi connectivity index (χ1v) is 5.78. The van der Waals surface area contributed by atoms with Gasteiger partial charge in [0.05, 0.1) is 4.92 Å². The molecule has 6 nitrogen and oxygen atoms in total. The van der Waals surface area contributed by atoms with Gasteiger partial charge in [-0.05, 0) is 22.0 Å². The summed E-state index contributed by atoms with van der Waals surface area (Å²) in [6.07, 6.45) is 0. The molecule has 0 aliphatic rings. The molecule has 3 aromatic carbocycles. The van der Waals surface area contributed by atoms with E-state index < -0.39 is 4.92 Å². The summed E-state index contributed by atoms with van der Waals surface area (Å²) in [5.74, 6) is -0.261. The minimum absolute atomic E-state index is 0.155. The van der Waals surface area contributed by atoms with Crippen LogP contribution in [-0.4, -0.2) is 10.0 Å². The van der Waals surface area contributed by atoms with Crippen LogP contribution >= 0.6 is 0 Å². The predicted molar refractivity (Wildman–Crippen MR) is 75.2 cm³/mol. The predicted octanol–water partition coefficient (Wildman–Crippen LogP) is 4.00. The highest BCUT2D eigenvalue weighted by molar-refractivity contribution is 6.16. The van der Waals surface area contributed by atoms with Crippen LogP contribution in [0.15, 0.2) is 47.6 Å². The van der Waals surface area contributed by atoms with Gasteiger partial charge in [0.15, 0.2) is 11.4 Å². The van der Waals surface area contributed by atoms with Gasteiger partial charge in [0, 0.05) is 22.9 Å². The number of nitro benzene ring substituents is 1. The molecule has 3 aromatic rings. The van der Waals surface area contributed by atoms with Crippen LogP contribution in [0.3, 0.4) is 0 Å². The van der Waals surface area contributed by atoms with Crippen molar-refractivity contribution in [2.24, 2.45) is 5.18 Å². The molecule has 0 unspecified atom stereocenters. The third kappa shape index (κ3) is 1.58. The first kappa shape index (κ1) is 12.0. The lowest BCUT2D eigenvalue weighted by molar-refractivity contribution is -0.384. The molecule has 0 spiro atoms. The normalized spacial score (nSPS) is 10.8. The number of benzene rings is 3. The van der Waals surface area contributed by atoms with Gasteiger partial charge >= 0.3 is 0 Å². The van der Waals surface area contributed by atoms with E-state index in [0.29, 0.717) is 16.2 Å². The van der Waals surface area contributed by atoms with Crippen molar-refractivity contribution in [3.05, 3.63) is 57.5 Å². The molecule has 0 amide bonds. The van der Waals surface area contributed by atoms with Crippen LogP contribution in [0.1, 0.15) is 0 Å². The Balaban J connectivity index is 2.57. The van der Waals surface area contributed by atoms with Crippen molar-refractivity contribution >= 4 is 32.9 Å². The Kier molecular flexibility index (Phi) is 2.57. The van der Waals surface area contributed by atoms with Crippen molar-refractivity contribution in [2.75, 3.05) is 0 Å². The van der Waals surface area contributed by atoms with Crippen molar-refractivity contribution in [1.29, 1.82) is 0 Å². The molecule has 0 aliphatic carbocycles. The summed E-state index contributed by atoms with van der Waals surface area (Å²) in [6.45, 7) is 0. The molecule has 0 heterocycles. The van der Waals surface area contributed by atoms with Gasteiger partial charge in [-0.3, -0.25) is 10.1 Å². The smallest absolute Gasteiger partial charge is 0.270 e. The molecule has 0 atom stereocenters. The number of hydrogen-bond acceptors (Lipinski definition) is 5. The van der Waals surface area contributed by atoms with E-state index in [1.807, 2.05) is 0 Å². The fraction of sp³-hybridized carbons (Fsp3) is 0. The number of nitrogens with zero attached hydrogens (tertiary/aromatic N) is 2. The van der Waals surface area contributed by atoms with Crippen LogP contribution in [-0.2, 0) is 0 Å². The van der Waals surface area contributed by atoms with E-state index in [9.17, 15) is 20.1 Å². The Morgan fingerprint density at radius 3 is 2.30 bits per heavy atom. The third-order valence-corrected chi connectivity index (χ3v) is 3.26. The minimum Gasteiger partial charge on any atom is -0.505 e. The van der Waals surface area contributed by atoms with Crippen molar-refractivity contribution < 1.29 is 10.0 Å². The number of nitroso groups, excluding NO2 is 1. The van der Waals surface area contributed by atoms with Gasteiger partial charge in [-0.25, -0.2) is 0 Å². The van der Waals surface area contributed by atoms with Gasteiger partial charge in [-0.1, -0.05) is 24.3 Å². The van der Waals surface area contributed by atoms with Gasteiger partial charge in [0.1, 0.15) is 0 Å². The highest BCUT2D eigenvalue weighted by Gasteiger charge is 2.17. The van der Waals surface area contributed by atoms with E-state index in [1.54, 1.807) is 30.3 Å². The summed E-state index contributed by atoms with van der Waals surface area (Å²) < 4.78 is 0. The summed E-state index contributed by atoms with van der Waals surface area (Å²) in [5.41, 5.74) is -0.334. The zero-order valence-electron chi connectivity index (χ0n) is 10.1. The number of phenols is 1. The topological polar surface area (TPSA) is 92.8 Å². The Hall–Kier alpha value is -3.02. The van der Waals surface area contributed by atoms with Crippen molar-refractivity contribution in [3.63, 3.8) is 0 Å². The minimum atomic E-state index is -0.555. The monoisotopic (exact) mass is 268 g/mol. The van der Waals surface area contributed by atoms with Gasteiger partial charge in [0.25, 0.3) is 5.69 Å². The lowest BCUT2D eigenvalue weighted by atomic mass is 9.99. The largest absolute Gasteiger partial charge is 0.505 e. The Labute approximate surface area is 112 Å². The van der Waals surface area contributed by atoms with E-state index in [4.69, 9.17) is 0 Å². The lowest BCUT2D eigenvalue weighted by Gasteiger charge is -2.08. The van der Waals surface area contributed by atoms with Gasteiger partial charge in [0.2, 0.25) is 0 Å². The second-order valence-electron chi connectivity index (χ2n) is 4.32. The number of rotatable bonds is 2. The van der Waals surface area contributed by atoms with Crippen molar-refractivity contribution in [3.8, 4) is 5.75 Å². The molecule has 98 valence electrons. The van der Waals surface area contributed by atoms with Crippen LogP contribution in [0.4, 0.5) is 11.4 Å². The highest BCUT2D eigenvalue weighted by atomic mass is 16.6. The SMILES string of the molecule is O=Nc1c(O)c2ccccc2c2ccc([N+](=O)[O-])cc12. The molecule has 0 radical (unpaired) electrons. The molecule has 0 aromatic heterocycles. The zero-order chi connectivity index (χ0) is 14.3. The third-order valence-electron chi connectivity index (χ3n) is 3.26. The van der Waals surface area contributed by atoms with Crippen molar-refractivity contribution in [1.82, 2.24) is 0 Å². The van der Waals surface area contributed by atoms with Gasteiger partial charge in [-0.15, -0.1) is 4.91 Å². The number of fused-ring (bicyclic) bond motifs is 3. The maximum absolute atomic E-state index is 11.0. The molecule has 6 heteroatoms. The maximum Gasteiger partial charge on any atom is 0.270 e. The average Bonchev–Trinajstić information content (AvgIpc) is 2.47. The van der Waals surface area contributed by atoms with Crippen LogP contribution in [0.25, 0.3) is 21.5 Å². The number of aromatic hydroxyl groups is 1. The highest BCUT2D eigenvalue weighted by Crippen LogP contribution is 2.43. The number of phenolic OH excluding ortho intramolecular Hbond substituents is 1. The lowest BCUT2D eigenvalue weighted by Crippen LogP contribution is -1.88. The molecule has 0 aliphatic heterocycles. The molecule has 3 rings (SSSR count). The first-order chi connectivity index (χ1) is 9.63. The van der Waals surface area contributed by atoms with Crippen molar-refractivity contribution in [2.45, 2.75) is 0 Å². The zero-order valence-corrected chi connectivity index (χ0v) is 10.1. The summed E-state index contributed by atoms with van der Waals surface area (Å²) >= 11 is 0. The quantitative estimate of drug-likeness (QED) is 0.329. The number of nitro groups is 1. The van der Waals surface area contributed by atoms with E-state index in [-0.39, 0.29) is 22.5 Å². The molecular formula is C14H8N2O4. The van der Waals surface area contributed by atoms with E-state index >= 15 is 0 Å². The van der Waals surface area contributed by atoms with Crippen LogP contribution in [0, 0.1) is 15.0 Å². The number of hydrogen-bond donors (Lipinski definition) is 1. The van der Waals surface area contributed by atoms with E-state index in [0.717, 1.165) is 0 Å². The molecule has 20 heavy (non-hydrogen) atoms. The molecule has 0 bridgehead atoms. The summed E-state index contributed by atoms with van der Waals surface area (Å²) in [4.78, 5) is 21.3. The Morgan fingerprint density at radius 2 is 1.65 bits per heavy atom. The molecule has 1 N–H and O–H groups in total. The summed E-state index contributed by atoms with van der Waals surface area (Å²) in [7, 11) is 0. The standard InChI is InChI=1S/C14H8N2O4/c17-14-11-4-2-1-3-9(11)10-6-5-8(16(19)20)7-12(10)13(14)15-18/h1-7,17H. The second-order valence-corrected chi connectivity index (χ2v) is 4.32. The van der Waals surface area contributed by atoms with Gasteiger partial charge < -0.3 is 5.11 Å². The van der Waals surface area contributed by atoms with Crippen LogP contribution in [0.5, 0.6) is 5.75 Å². The van der Waals surface area contributed by atoms with Crippen LogP contribution < -0.4 is 0 Å². The number of non-ortho nitro benzene ring substituents is 1. The molecule has 0 saturated carbocycles. The summed E-state index contributed by atoms with van der Waals surface area (Å²) in [5, 5.41) is 25.9. The molecular weight excluding hydrogens is 260 g/mol. The average molecular weight is 268 g/mol. The Bertz CT molecular complexity index is 874. The maximum atomic E-state index is 11.0. The first-order valence-electron chi connectivity index (χ1n) is 5.78. The van der Waals surface area contributed by atoms with Gasteiger partial charge in [-0.2, -0.15) is 0 Å². The van der Waals surface area contributed by atoms with E-state index in [1.165, 1.54) is 12.1 Å².